The van der Waals surface area contributed by atoms with Crippen molar-refractivity contribution in [3.8, 4) is 0 Å². The standard InChI is InChI=1S/C18H19ClN4O5/c1-10-13(15(26)9-24)7-20-23(18(10)27)8-17-21-16(22-28-17)6-14(25)11-2-4-12(19)5-3-11/h2-5,7,14-15,24-26H,6,8-9H2,1H3/t14-,15+/m0/s1. The molecule has 3 aromatic rings. The summed E-state index contributed by atoms with van der Waals surface area (Å²) in [4.78, 5) is 16.6. The van der Waals surface area contributed by atoms with Crippen molar-refractivity contribution < 1.29 is 19.8 Å². The zero-order valence-corrected chi connectivity index (χ0v) is 15.7. The highest BCUT2D eigenvalue weighted by Crippen LogP contribution is 2.19. The second kappa shape index (κ2) is 8.61. The fourth-order valence-corrected chi connectivity index (χ4v) is 2.81. The average Bonchev–Trinajstić information content (AvgIpc) is 3.12. The summed E-state index contributed by atoms with van der Waals surface area (Å²) in [6, 6.07) is 6.78. The van der Waals surface area contributed by atoms with Crippen LogP contribution >= 0.6 is 11.6 Å². The van der Waals surface area contributed by atoms with Crippen LogP contribution in [0.3, 0.4) is 0 Å². The minimum absolute atomic E-state index is 0.0563. The summed E-state index contributed by atoms with van der Waals surface area (Å²) in [5.41, 5.74) is 0.767. The van der Waals surface area contributed by atoms with E-state index in [2.05, 4.69) is 15.2 Å². The van der Waals surface area contributed by atoms with Crippen LogP contribution < -0.4 is 5.56 Å². The molecule has 3 rings (SSSR count). The van der Waals surface area contributed by atoms with Gasteiger partial charge in [-0.05, 0) is 24.6 Å². The van der Waals surface area contributed by atoms with Crippen molar-refractivity contribution in [2.75, 3.05) is 6.61 Å². The second-order valence-corrected chi connectivity index (χ2v) is 6.70. The molecule has 148 valence electrons. The topological polar surface area (TPSA) is 134 Å². The van der Waals surface area contributed by atoms with Crippen molar-refractivity contribution in [1.82, 2.24) is 19.9 Å². The normalized spacial score (nSPS) is 13.5. The van der Waals surface area contributed by atoms with Crippen LogP contribution in [0.4, 0.5) is 0 Å². The molecule has 2 aromatic heterocycles. The maximum atomic E-state index is 12.4. The van der Waals surface area contributed by atoms with Crippen molar-refractivity contribution in [1.29, 1.82) is 0 Å². The Labute approximate surface area is 164 Å². The fourth-order valence-electron chi connectivity index (χ4n) is 2.69. The third-order valence-corrected chi connectivity index (χ3v) is 4.53. The summed E-state index contributed by atoms with van der Waals surface area (Å²) >= 11 is 5.83. The van der Waals surface area contributed by atoms with Crippen LogP contribution in [0, 0.1) is 6.92 Å². The van der Waals surface area contributed by atoms with Crippen molar-refractivity contribution in [2.24, 2.45) is 0 Å². The minimum Gasteiger partial charge on any atom is -0.393 e. The number of halogens is 1. The molecule has 2 heterocycles. The molecule has 10 heteroatoms. The minimum atomic E-state index is -1.17. The summed E-state index contributed by atoms with van der Waals surface area (Å²) in [5.74, 6) is 0.442. The zero-order valence-electron chi connectivity index (χ0n) is 15.0. The van der Waals surface area contributed by atoms with E-state index in [-0.39, 0.29) is 35.8 Å². The van der Waals surface area contributed by atoms with Gasteiger partial charge in [0.15, 0.2) is 5.82 Å². The second-order valence-electron chi connectivity index (χ2n) is 6.26. The molecule has 28 heavy (non-hydrogen) atoms. The Morgan fingerprint density at radius 1 is 1.21 bits per heavy atom. The van der Waals surface area contributed by atoms with Crippen LogP contribution in [0.2, 0.25) is 5.02 Å². The number of nitrogens with zero attached hydrogens (tertiary/aromatic N) is 4. The van der Waals surface area contributed by atoms with Gasteiger partial charge in [-0.2, -0.15) is 10.1 Å². The maximum absolute atomic E-state index is 12.4. The number of hydrogen-bond donors (Lipinski definition) is 3. The molecule has 0 bridgehead atoms. The highest BCUT2D eigenvalue weighted by Gasteiger charge is 2.17. The first kappa shape index (κ1) is 20.2. The molecular formula is C18H19ClN4O5. The van der Waals surface area contributed by atoms with E-state index in [1.807, 2.05) is 0 Å². The van der Waals surface area contributed by atoms with Crippen LogP contribution in [0.25, 0.3) is 0 Å². The number of rotatable bonds is 7. The van der Waals surface area contributed by atoms with Crippen LogP contribution in [-0.2, 0) is 13.0 Å². The van der Waals surface area contributed by atoms with E-state index < -0.39 is 24.4 Å². The van der Waals surface area contributed by atoms with Gasteiger partial charge >= 0.3 is 0 Å². The summed E-state index contributed by atoms with van der Waals surface area (Å²) < 4.78 is 6.26. The molecule has 3 N–H and O–H groups in total. The number of hydrogen-bond acceptors (Lipinski definition) is 8. The Hall–Kier alpha value is -2.59. The van der Waals surface area contributed by atoms with Gasteiger partial charge in [0.1, 0.15) is 12.6 Å². The van der Waals surface area contributed by atoms with Crippen LogP contribution in [0.5, 0.6) is 0 Å². The maximum Gasteiger partial charge on any atom is 0.270 e. The van der Waals surface area contributed by atoms with Gasteiger partial charge in [-0.3, -0.25) is 4.79 Å². The molecule has 0 saturated heterocycles. The van der Waals surface area contributed by atoms with E-state index in [1.165, 1.54) is 13.1 Å². The Kier molecular flexibility index (Phi) is 6.20. The van der Waals surface area contributed by atoms with Gasteiger partial charge in [-0.1, -0.05) is 28.9 Å². The molecule has 0 radical (unpaired) electrons. The molecule has 0 unspecified atom stereocenters. The molecule has 0 spiro atoms. The molecule has 0 amide bonds. The molecule has 0 aliphatic rings. The fraction of sp³-hybridized carbons (Fsp3) is 0.333. The monoisotopic (exact) mass is 406 g/mol. The van der Waals surface area contributed by atoms with E-state index in [4.69, 9.17) is 21.2 Å². The van der Waals surface area contributed by atoms with Gasteiger partial charge in [0.2, 0.25) is 5.89 Å². The number of aliphatic hydroxyl groups excluding tert-OH is 3. The predicted octanol–water partition coefficient (Wildman–Crippen LogP) is 0.938. The molecule has 1 aromatic carbocycles. The highest BCUT2D eigenvalue weighted by molar-refractivity contribution is 6.30. The third kappa shape index (κ3) is 4.45. The van der Waals surface area contributed by atoms with Gasteiger partial charge in [-0.15, -0.1) is 0 Å². The molecule has 9 nitrogen and oxygen atoms in total. The van der Waals surface area contributed by atoms with E-state index in [1.54, 1.807) is 24.3 Å². The van der Waals surface area contributed by atoms with Gasteiger partial charge in [0.25, 0.3) is 5.56 Å². The Balaban J connectivity index is 1.72. The molecule has 0 aliphatic carbocycles. The van der Waals surface area contributed by atoms with Crippen molar-refractivity contribution in [3.05, 3.63) is 74.2 Å². The van der Waals surface area contributed by atoms with Crippen LogP contribution in [-0.4, -0.2) is 41.8 Å². The first-order valence-corrected chi connectivity index (χ1v) is 8.87. The Bertz CT molecular complexity index is 1000. The van der Waals surface area contributed by atoms with E-state index >= 15 is 0 Å². The first-order chi connectivity index (χ1) is 13.4. The lowest BCUT2D eigenvalue weighted by Gasteiger charge is -2.11. The zero-order chi connectivity index (χ0) is 20.3. The van der Waals surface area contributed by atoms with E-state index in [0.29, 0.717) is 10.6 Å². The molecule has 0 fully saturated rings. The van der Waals surface area contributed by atoms with Gasteiger partial charge < -0.3 is 19.8 Å². The van der Waals surface area contributed by atoms with Crippen LogP contribution in [0.1, 0.15) is 40.6 Å². The average molecular weight is 407 g/mol. The highest BCUT2D eigenvalue weighted by atomic mass is 35.5. The molecule has 2 atom stereocenters. The number of aliphatic hydroxyl groups is 3. The first-order valence-electron chi connectivity index (χ1n) is 8.49. The van der Waals surface area contributed by atoms with E-state index in [9.17, 15) is 15.0 Å². The number of aromatic nitrogens is 4. The Morgan fingerprint density at radius 2 is 1.93 bits per heavy atom. The van der Waals surface area contributed by atoms with E-state index in [0.717, 1.165) is 4.68 Å². The molecule has 0 saturated carbocycles. The lowest BCUT2D eigenvalue weighted by atomic mass is 10.1. The number of benzene rings is 1. The summed E-state index contributed by atoms with van der Waals surface area (Å²) in [6.45, 7) is 0.977. The summed E-state index contributed by atoms with van der Waals surface area (Å²) in [6.07, 6.45) is -0.544. The smallest absolute Gasteiger partial charge is 0.270 e. The SMILES string of the molecule is Cc1c([C@H](O)CO)cnn(Cc2nc(C[C@H](O)c3ccc(Cl)cc3)no2)c1=O. The van der Waals surface area contributed by atoms with Gasteiger partial charge in [-0.25, -0.2) is 4.68 Å². The van der Waals surface area contributed by atoms with Gasteiger partial charge in [0, 0.05) is 22.6 Å². The third-order valence-electron chi connectivity index (χ3n) is 4.28. The van der Waals surface area contributed by atoms with Crippen molar-refractivity contribution in [2.45, 2.75) is 32.1 Å². The van der Waals surface area contributed by atoms with Gasteiger partial charge in [0.05, 0.1) is 18.9 Å². The largest absolute Gasteiger partial charge is 0.393 e. The lowest BCUT2D eigenvalue weighted by molar-refractivity contribution is 0.0944. The lowest BCUT2D eigenvalue weighted by Crippen LogP contribution is -2.28. The Morgan fingerprint density at radius 3 is 2.61 bits per heavy atom. The predicted molar refractivity (Wildman–Crippen MR) is 98.8 cm³/mol. The summed E-state index contributed by atoms with van der Waals surface area (Å²) in [5, 5.41) is 37.4. The van der Waals surface area contributed by atoms with Crippen molar-refractivity contribution >= 4 is 11.6 Å². The quantitative estimate of drug-likeness (QED) is 0.527. The van der Waals surface area contributed by atoms with Crippen molar-refractivity contribution in [3.63, 3.8) is 0 Å². The molecule has 0 aliphatic heterocycles. The summed E-state index contributed by atoms with van der Waals surface area (Å²) in [7, 11) is 0. The molecular weight excluding hydrogens is 388 g/mol. The van der Waals surface area contributed by atoms with Crippen LogP contribution in [0.15, 0.2) is 39.8 Å².